The van der Waals surface area contributed by atoms with Gasteiger partial charge in [0.1, 0.15) is 0 Å². The highest BCUT2D eigenvalue weighted by Crippen LogP contribution is 2.18. The molecule has 0 spiro atoms. The SMILES string of the molecule is Cl.NCC(=O)c1cc(Cl)cs1. The van der Waals surface area contributed by atoms with E-state index in [2.05, 4.69) is 0 Å². The van der Waals surface area contributed by atoms with Crippen molar-refractivity contribution in [1.82, 2.24) is 0 Å². The number of hydrogen-bond acceptors (Lipinski definition) is 3. The van der Waals surface area contributed by atoms with Crippen LogP contribution in [-0.2, 0) is 0 Å². The lowest BCUT2D eigenvalue weighted by atomic mass is 10.3. The first-order valence-electron chi connectivity index (χ1n) is 2.71. The van der Waals surface area contributed by atoms with Crippen LogP contribution in [0.25, 0.3) is 0 Å². The minimum Gasteiger partial charge on any atom is -0.324 e. The lowest BCUT2D eigenvalue weighted by Gasteiger charge is -1.87. The zero-order valence-electron chi connectivity index (χ0n) is 5.54. The van der Waals surface area contributed by atoms with Gasteiger partial charge in [-0.3, -0.25) is 4.79 Å². The molecule has 62 valence electrons. The molecule has 2 N–H and O–H groups in total. The van der Waals surface area contributed by atoms with Crippen LogP contribution in [0.1, 0.15) is 9.67 Å². The van der Waals surface area contributed by atoms with E-state index >= 15 is 0 Å². The lowest BCUT2D eigenvalue weighted by molar-refractivity contribution is 0.100. The molecule has 0 saturated heterocycles. The molecule has 1 heterocycles. The molecule has 11 heavy (non-hydrogen) atoms. The molecule has 0 aromatic carbocycles. The van der Waals surface area contributed by atoms with Crippen LogP contribution in [0.4, 0.5) is 0 Å². The summed E-state index contributed by atoms with van der Waals surface area (Å²) in [6.45, 7) is 0.0524. The van der Waals surface area contributed by atoms with Crippen molar-refractivity contribution in [1.29, 1.82) is 0 Å². The van der Waals surface area contributed by atoms with Crippen molar-refractivity contribution in [3.8, 4) is 0 Å². The Bertz CT molecular complexity index is 248. The first kappa shape index (κ1) is 10.9. The average Bonchev–Trinajstić information content (AvgIpc) is 2.34. The summed E-state index contributed by atoms with van der Waals surface area (Å²) in [5.74, 6) is -0.0584. The van der Waals surface area contributed by atoms with E-state index in [9.17, 15) is 4.79 Å². The number of thiophene rings is 1. The van der Waals surface area contributed by atoms with E-state index in [1.807, 2.05) is 0 Å². The van der Waals surface area contributed by atoms with Crippen LogP contribution in [0, 0.1) is 0 Å². The molecule has 1 aromatic rings. The van der Waals surface area contributed by atoms with Gasteiger partial charge < -0.3 is 5.73 Å². The maximum atomic E-state index is 10.9. The van der Waals surface area contributed by atoms with Crippen LogP contribution in [-0.4, -0.2) is 12.3 Å². The Kier molecular flexibility index (Phi) is 4.68. The summed E-state index contributed by atoms with van der Waals surface area (Å²) >= 11 is 6.90. The summed E-state index contributed by atoms with van der Waals surface area (Å²) in [6, 6.07) is 1.63. The van der Waals surface area contributed by atoms with Crippen molar-refractivity contribution in [3.05, 3.63) is 21.3 Å². The van der Waals surface area contributed by atoms with Crippen LogP contribution in [0.15, 0.2) is 11.4 Å². The van der Waals surface area contributed by atoms with E-state index < -0.39 is 0 Å². The van der Waals surface area contributed by atoms with Crippen LogP contribution >= 0.6 is 35.3 Å². The smallest absolute Gasteiger partial charge is 0.186 e. The molecule has 0 radical (unpaired) electrons. The van der Waals surface area contributed by atoms with Gasteiger partial charge in [-0.2, -0.15) is 0 Å². The Hall–Kier alpha value is -0.0900. The van der Waals surface area contributed by atoms with Gasteiger partial charge in [0.25, 0.3) is 0 Å². The fraction of sp³-hybridized carbons (Fsp3) is 0.167. The van der Waals surface area contributed by atoms with E-state index in [1.54, 1.807) is 11.4 Å². The van der Waals surface area contributed by atoms with Gasteiger partial charge in [0.2, 0.25) is 0 Å². The van der Waals surface area contributed by atoms with Gasteiger partial charge in [0, 0.05) is 5.38 Å². The van der Waals surface area contributed by atoms with Crippen LogP contribution < -0.4 is 5.73 Å². The van der Waals surface area contributed by atoms with Gasteiger partial charge >= 0.3 is 0 Å². The van der Waals surface area contributed by atoms with Crippen molar-refractivity contribution in [2.75, 3.05) is 6.54 Å². The summed E-state index contributed by atoms with van der Waals surface area (Å²) in [7, 11) is 0. The van der Waals surface area contributed by atoms with E-state index in [-0.39, 0.29) is 24.7 Å². The normalized spacial score (nSPS) is 8.91. The molecule has 0 bridgehead atoms. The maximum Gasteiger partial charge on any atom is 0.186 e. The van der Waals surface area contributed by atoms with E-state index in [4.69, 9.17) is 17.3 Å². The second-order valence-corrected chi connectivity index (χ2v) is 3.10. The molecule has 2 nitrogen and oxygen atoms in total. The van der Waals surface area contributed by atoms with Gasteiger partial charge in [0.05, 0.1) is 16.4 Å². The second-order valence-electron chi connectivity index (χ2n) is 1.76. The molecule has 0 aliphatic heterocycles. The topological polar surface area (TPSA) is 43.1 Å². The highest BCUT2D eigenvalue weighted by atomic mass is 35.5. The molecule has 1 aromatic heterocycles. The lowest BCUT2D eigenvalue weighted by Crippen LogP contribution is -2.11. The molecular formula is C6H7Cl2NOS. The quantitative estimate of drug-likeness (QED) is 0.761. The van der Waals surface area contributed by atoms with Crippen molar-refractivity contribution in [3.63, 3.8) is 0 Å². The first-order valence-corrected chi connectivity index (χ1v) is 3.97. The number of ketones is 1. The van der Waals surface area contributed by atoms with Crippen molar-refractivity contribution < 1.29 is 4.79 Å². The minimum atomic E-state index is -0.0584. The third kappa shape index (κ3) is 2.79. The van der Waals surface area contributed by atoms with Crippen molar-refractivity contribution in [2.45, 2.75) is 0 Å². The highest BCUT2D eigenvalue weighted by Gasteiger charge is 2.04. The molecule has 5 heteroatoms. The molecule has 0 fully saturated rings. The minimum absolute atomic E-state index is 0. The van der Waals surface area contributed by atoms with Crippen LogP contribution in [0.2, 0.25) is 5.02 Å². The third-order valence-electron chi connectivity index (χ3n) is 1.03. The number of rotatable bonds is 2. The van der Waals surface area contributed by atoms with Crippen molar-refractivity contribution in [2.24, 2.45) is 5.73 Å². The Morgan fingerprint density at radius 1 is 1.73 bits per heavy atom. The Labute approximate surface area is 79.8 Å². The molecule has 0 aliphatic rings. The Balaban J connectivity index is 0.000001000. The number of carbonyl (C=O) groups is 1. The standard InChI is InChI=1S/C6H6ClNOS.ClH/c7-4-1-6(10-3-4)5(9)2-8;/h1,3H,2,8H2;1H. The number of hydrogen-bond donors (Lipinski definition) is 1. The number of halogens is 2. The van der Waals surface area contributed by atoms with Crippen LogP contribution in [0.5, 0.6) is 0 Å². The van der Waals surface area contributed by atoms with Gasteiger partial charge in [0.15, 0.2) is 5.78 Å². The predicted octanol–water partition coefficient (Wildman–Crippen LogP) is 1.96. The van der Waals surface area contributed by atoms with E-state index in [0.717, 1.165) is 0 Å². The molecule has 0 saturated carbocycles. The third-order valence-corrected chi connectivity index (χ3v) is 2.35. The van der Waals surface area contributed by atoms with Crippen molar-refractivity contribution >= 4 is 41.1 Å². The molecule has 0 amide bonds. The fourth-order valence-corrected chi connectivity index (χ4v) is 1.58. The molecule has 0 aliphatic carbocycles. The zero-order chi connectivity index (χ0) is 7.56. The van der Waals surface area contributed by atoms with E-state index in [1.165, 1.54) is 11.3 Å². The maximum absolute atomic E-state index is 10.9. The first-order chi connectivity index (χ1) is 4.74. The van der Waals surface area contributed by atoms with E-state index in [0.29, 0.717) is 9.90 Å². The summed E-state index contributed by atoms with van der Waals surface area (Å²) in [4.78, 5) is 11.5. The zero-order valence-corrected chi connectivity index (χ0v) is 7.93. The second kappa shape index (κ2) is 4.72. The molecule has 0 atom stereocenters. The summed E-state index contributed by atoms with van der Waals surface area (Å²) < 4.78 is 0. The van der Waals surface area contributed by atoms with Crippen LogP contribution in [0.3, 0.4) is 0 Å². The molecule has 1 rings (SSSR count). The Morgan fingerprint density at radius 3 is 2.73 bits per heavy atom. The van der Waals surface area contributed by atoms with Gasteiger partial charge in [-0.15, -0.1) is 23.7 Å². The highest BCUT2D eigenvalue weighted by molar-refractivity contribution is 7.12. The summed E-state index contributed by atoms with van der Waals surface area (Å²) in [5.41, 5.74) is 5.13. The average molecular weight is 212 g/mol. The molecule has 0 unspecified atom stereocenters. The largest absolute Gasteiger partial charge is 0.324 e. The van der Waals surface area contributed by atoms with Gasteiger partial charge in [-0.05, 0) is 6.07 Å². The number of carbonyl (C=O) groups excluding carboxylic acids is 1. The fourth-order valence-electron chi connectivity index (χ4n) is 0.560. The summed E-state index contributed by atoms with van der Waals surface area (Å²) in [6.07, 6.45) is 0. The number of Topliss-reactive ketones (excluding diaryl/α,β-unsaturated/α-hetero) is 1. The molecular weight excluding hydrogens is 205 g/mol. The predicted molar refractivity (Wildman–Crippen MR) is 50.0 cm³/mol. The van der Waals surface area contributed by atoms with Gasteiger partial charge in [-0.1, -0.05) is 11.6 Å². The summed E-state index contributed by atoms with van der Waals surface area (Å²) in [5, 5.41) is 2.31. The Morgan fingerprint density at radius 2 is 2.36 bits per heavy atom. The monoisotopic (exact) mass is 211 g/mol. The van der Waals surface area contributed by atoms with Gasteiger partial charge in [-0.25, -0.2) is 0 Å². The number of nitrogens with two attached hydrogens (primary N) is 1.